The largest absolute Gasteiger partial charge is 0.496 e. The molecule has 0 fully saturated rings. The van der Waals surface area contributed by atoms with Crippen LogP contribution in [-0.4, -0.2) is 19.1 Å². The fourth-order valence-electron chi connectivity index (χ4n) is 2.19. The van der Waals surface area contributed by atoms with Crippen molar-refractivity contribution in [3.63, 3.8) is 0 Å². The van der Waals surface area contributed by atoms with Crippen molar-refractivity contribution < 1.29 is 9.53 Å². The monoisotopic (exact) mass is 278 g/mol. The smallest absolute Gasteiger partial charge is 0.237 e. The van der Waals surface area contributed by atoms with Gasteiger partial charge in [0.15, 0.2) is 0 Å². The van der Waals surface area contributed by atoms with Gasteiger partial charge < -0.3 is 15.8 Å². The minimum atomic E-state index is -0.432. The maximum Gasteiger partial charge on any atom is 0.237 e. The van der Waals surface area contributed by atoms with Crippen molar-refractivity contribution >= 4 is 5.91 Å². The van der Waals surface area contributed by atoms with Crippen LogP contribution < -0.4 is 15.8 Å². The summed E-state index contributed by atoms with van der Waals surface area (Å²) in [6.45, 7) is 4.13. The van der Waals surface area contributed by atoms with E-state index in [1.54, 1.807) is 7.11 Å². The number of methoxy groups -OCH3 is 1. The van der Waals surface area contributed by atoms with Gasteiger partial charge in [-0.25, -0.2) is 0 Å². The van der Waals surface area contributed by atoms with Gasteiger partial charge in [0.25, 0.3) is 0 Å². The summed E-state index contributed by atoms with van der Waals surface area (Å²) in [4.78, 5) is 12.1. The predicted octanol–water partition coefficient (Wildman–Crippen LogP) is 2.78. The van der Waals surface area contributed by atoms with E-state index < -0.39 is 6.04 Å². The molecule has 3 N–H and O–H groups in total. The summed E-state index contributed by atoms with van der Waals surface area (Å²) >= 11 is 0. The van der Waals surface area contributed by atoms with Gasteiger partial charge in [-0.1, -0.05) is 44.9 Å². The van der Waals surface area contributed by atoms with Crippen LogP contribution in [0.15, 0.2) is 24.3 Å². The van der Waals surface area contributed by atoms with Gasteiger partial charge in [-0.3, -0.25) is 4.79 Å². The van der Waals surface area contributed by atoms with E-state index in [0.717, 1.165) is 37.0 Å². The molecule has 1 amide bonds. The van der Waals surface area contributed by atoms with Gasteiger partial charge in [-0.15, -0.1) is 0 Å². The zero-order chi connectivity index (χ0) is 15.0. The molecule has 1 aromatic carbocycles. The second-order valence-corrected chi connectivity index (χ2v) is 4.96. The summed E-state index contributed by atoms with van der Waals surface area (Å²) in [7, 11) is 1.64. The number of ether oxygens (including phenoxy) is 1. The molecule has 0 radical (unpaired) electrons. The number of hydrogen-bond acceptors (Lipinski definition) is 3. The number of para-hydroxylation sites is 1. The van der Waals surface area contributed by atoms with Crippen molar-refractivity contribution in [1.82, 2.24) is 5.32 Å². The summed E-state index contributed by atoms with van der Waals surface area (Å²) in [6, 6.07) is 7.25. The first kappa shape index (κ1) is 16.5. The van der Waals surface area contributed by atoms with Crippen molar-refractivity contribution in [3.8, 4) is 5.75 Å². The van der Waals surface area contributed by atoms with Crippen LogP contribution in [0.1, 0.15) is 51.1 Å². The molecule has 1 rings (SSSR count). The Morgan fingerprint density at radius 2 is 2.05 bits per heavy atom. The zero-order valence-electron chi connectivity index (χ0n) is 12.7. The van der Waals surface area contributed by atoms with Gasteiger partial charge in [-0.2, -0.15) is 0 Å². The first-order valence-corrected chi connectivity index (χ1v) is 7.32. The highest BCUT2D eigenvalue weighted by atomic mass is 16.5. The molecule has 0 aliphatic carbocycles. The van der Waals surface area contributed by atoms with Gasteiger partial charge in [0, 0.05) is 5.56 Å². The lowest BCUT2D eigenvalue weighted by Crippen LogP contribution is -2.42. The molecule has 112 valence electrons. The third kappa shape index (κ3) is 4.53. The second kappa shape index (κ2) is 8.59. The van der Waals surface area contributed by atoms with E-state index in [0.29, 0.717) is 0 Å². The van der Waals surface area contributed by atoms with Crippen LogP contribution in [0, 0.1) is 0 Å². The standard InChI is InChI=1S/C16H26N2O2/c1-4-6-10-13(17)16(19)18-14(5-2)12-9-7-8-11-15(12)20-3/h7-9,11,13-14H,4-6,10,17H2,1-3H3,(H,18,19). The number of rotatable bonds is 8. The highest BCUT2D eigenvalue weighted by molar-refractivity contribution is 5.81. The first-order valence-electron chi connectivity index (χ1n) is 7.32. The molecule has 4 heteroatoms. The Morgan fingerprint density at radius 3 is 2.65 bits per heavy atom. The maximum absolute atomic E-state index is 12.1. The van der Waals surface area contributed by atoms with E-state index in [1.165, 1.54) is 0 Å². The number of nitrogens with one attached hydrogen (secondary N) is 1. The van der Waals surface area contributed by atoms with Crippen molar-refractivity contribution in [2.75, 3.05) is 7.11 Å². The van der Waals surface area contributed by atoms with Crippen LogP contribution in [0.5, 0.6) is 5.75 Å². The number of carbonyl (C=O) groups is 1. The molecule has 0 aromatic heterocycles. The van der Waals surface area contributed by atoms with Crippen LogP contribution in [0.4, 0.5) is 0 Å². The molecule has 0 spiro atoms. The van der Waals surface area contributed by atoms with Crippen LogP contribution in [0.2, 0.25) is 0 Å². The van der Waals surface area contributed by atoms with Crippen LogP contribution >= 0.6 is 0 Å². The summed E-state index contributed by atoms with van der Waals surface area (Å²) in [5.74, 6) is 0.706. The van der Waals surface area contributed by atoms with E-state index >= 15 is 0 Å². The molecule has 1 aromatic rings. The molecular formula is C16H26N2O2. The highest BCUT2D eigenvalue weighted by Gasteiger charge is 2.20. The molecule has 4 nitrogen and oxygen atoms in total. The molecule has 0 saturated heterocycles. The Kier molecular flexibility index (Phi) is 7.09. The second-order valence-electron chi connectivity index (χ2n) is 4.96. The summed E-state index contributed by atoms with van der Waals surface area (Å²) < 4.78 is 5.35. The summed E-state index contributed by atoms with van der Waals surface area (Å²) in [5, 5.41) is 3.02. The van der Waals surface area contributed by atoms with E-state index in [2.05, 4.69) is 12.2 Å². The van der Waals surface area contributed by atoms with Crippen molar-refractivity contribution in [2.24, 2.45) is 5.73 Å². The minimum Gasteiger partial charge on any atom is -0.496 e. The normalized spacial score (nSPS) is 13.6. The van der Waals surface area contributed by atoms with Crippen molar-refractivity contribution in [1.29, 1.82) is 0 Å². The molecule has 2 unspecified atom stereocenters. The Hall–Kier alpha value is -1.55. The Bertz CT molecular complexity index is 421. The minimum absolute atomic E-state index is 0.0636. The molecule has 0 aliphatic heterocycles. The maximum atomic E-state index is 12.1. The van der Waals surface area contributed by atoms with Gasteiger partial charge >= 0.3 is 0 Å². The quantitative estimate of drug-likeness (QED) is 0.768. The van der Waals surface area contributed by atoms with Crippen LogP contribution in [0.25, 0.3) is 0 Å². The molecule has 20 heavy (non-hydrogen) atoms. The average molecular weight is 278 g/mol. The Morgan fingerprint density at radius 1 is 1.35 bits per heavy atom. The number of hydrogen-bond donors (Lipinski definition) is 2. The van der Waals surface area contributed by atoms with Crippen LogP contribution in [-0.2, 0) is 4.79 Å². The van der Waals surface area contributed by atoms with Gasteiger partial charge in [0.1, 0.15) is 5.75 Å². The number of amides is 1. The number of benzene rings is 1. The number of carbonyl (C=O) groups excluding carboxylic acids is 1. The number of unbranched alkanes of at least 4 members (excludes halogenated alkanes) is 1. The third-order valence-electron chi connectivity index (χ3n) is 3.44. The highest BCUT2D eigenvalue weighted by Crippen LogP contribution is 2.26. The van der Waals surface area contributed by atoms with E-state index in [9.17, 15) is 4.79 Å². The molecule has 0 heterocycles. The van der Waals surface area contributed by atoms with E-state index in [4.69, 9.17) is 10.5 Å². The molecule has 2 atom stereocenters. The van der Waals surface area contributed by atoms with E-state index in [1.807, 2.05) is 31.2 Å². The van der Waals surface area contributed by atoms with Crippen molar-refractivity contribution in [3.05, 3.63) is 29.8 Å². The Labute approximate surface area is 121 Å². The summed E-state index contributed by atoms with van der Waals surface area (Å²) in [6.07, 6.45) is 3.54. The van der Waals surface area contributed by atoms with Gasteiger partial charge in [-0.05, 0) is 18.9 Å². The molecule has 0 aliphatic rings. The van der Waals surface area contributed by atoms with Crippen LogP contribution in [0.3, 0.4) is 0 Å². The number of nitrogens with two attached hydrogens (primary N) is 1. The third-order valence-corrected chi connectivity index (χ3v) is 3.44. The van der Waals surface area contributed by atoms with Crippen molar-refractivity contribution in [2.45, 2.75) is 51.6 Å². The lowest BCUT2D eigenvalue weighted by molar-refractivity contribution is -0.123. The van der Waals surface area contributed by atoms with Gasteiger partial charge in [0.05, 0.1) is 19.2 Å². The topological polar surface area (TPSA) is 64.4 Å². The Balaban J connectivity index is 2.74. The zero-order valence-corrected chi connectivity index (χ0v) is 12.7. The average Bonchev–Trinajstić information content (AvgIpc) is 2.49. The fourth-order valence-corrected chi connectivity index (χ4v) is 2.19. The predicted molar refractivity (Wildman–Crippen MR) is 81.7 cm³/mol. The van der Waals surface area contributed by atoms with Gasteiger partial charge in [0.2, 0.25) is 5.91 Å². The fraction of sp³-hybridized carbons (Fsp3) is 0.562. The summed E-state index contributed by atoms with van der Waals surface area (Å²) in [5.41, 5.74) is 6.91. The molecular weight excluding hydrogens is 252 g/mol. The SMILES string of the molecule is CCCCC(N)C(=O)NC(CC)c1ccccc1OC. The van der Waals surface area contributed by atoms with E-state index in [-0.39, 0.29) is 11.9 Å². The lowest BCUT2D eigenvalue weighted by Gasteiger charge is -2.22. The molecule has 0 saturated carbocycles. The first-order chi connectivity index (χ1) is 9.63. The lowest BCUT2D eigenvalue weighted by atomic mass is 10.0. The molecule has 0 bridgehead atoms.